The quantitative estimate of drug-likeness (QED) is 0.604. The van der Waals surface area contributed by atoms with E-state index in [0.29, 0.717) is 29.7 Å². The average molecular weight is 371 g/mol. The number of carboxylic acid groups (broad SMARTS) is 1. The molecule has 0 aliphatic carbocycles. The van der Waals surface area contributed by atoms with Crippen molar-refractivity contribution in [1.82, 2.24) is 4.98 Å². The van der Waals surface area contributed by atoms with E-state index < -0.39 is 5.97 Å². The van der Waals surface area contributed by atoms with Gasteiger partial charge in [-0.3, -0.25) is 0 Å². The lowest BCUT2D eigenvalue weighted by Crippen LogP contribution is -2.09. The molecule has 0 aliphatic heterocycles. The van der Waals surface area contributed by atoms with Crippen molar-refractivity contribution in [1.29, 1.82) is 0 Å². The molecule has 0 unspecified atom stereocenters. The summed E-state index contributed by atoms with van der Waals surface area (Å²) in [5, 5.41) is 11.1. The van der Waals surface area contributed by atoms with E-state index in [-0.39, 0.29) is 5.69 Å². The molecular formula is C19H17NO5S. The highest BCUT2D eigenvalue weighted by molar-refractivity contribution is 7.13. The van der Waals surface area contributed by atoms with Crippen molar-refractivity contribution in [3.8, 4) is 27.8 Å². The first-order chi connectivity index (χ1) is 12.7. The summed E-state index contributed by atoms with van der Waals surface area (Å²) in [4.78, 5) is 15.1. The first-order valence-corrected chi connectivity index (χ1v) is 8.73. The Kier molecular flexibility index (Phi) is 5.70. The van der Waals surface area contributed by atoms with Gasteiger partial charge in [0.25, 0.3) is 0 Å². The zero-order valence-electron chi connectivity index (χ0n) is 14.0. The fourth-order valence-electron chi connectivity index (χ4n) is 2.25. The van der Waals surface area contributed by atoms with Crippen molar-refractivity contribution in [3.05, 3.63) is 59.6 Å². The second kappa shape index (κ2) is 8.35. The SMILES string of the molecule is COc1cc(-c2nc(C(=O)O)cs2)ccc1OCCOc1ccccc1. The van der Waals surface area contributed by atoms with E-state index in [9.17, 15) is 4.79 Å². The van der Waals surface area contributed by atoms with Crippen molar-refractivity contribution in [2.75, 3.05) is 20.3 Å². The first kappa shape index (κ1) is 17.8. The maximum Gasteiger partial charge on any atom is 0.355 e. The summed E-state index contributed by atoms with van der Waals surface area (Å²) in [6.45, 7) is 0.772. The van der Waals surface area contributed by atoms with E-state index in [1.807, 2.05) is 36.4 Å². The molecule has 0 saturated heterocycles. The van der Waals surface area contributed by atoms with E-state index >= 15 is 0 Å². The summed E-state index contributed by atoms with van der Waals surface area (Å²) in [6, 6.07) is 14.9. The Morgan fingerprint density at radius 2 is 1.85 bits per heavy atom. The number of para-hydroxylation sites is 1. The Labute approximate surface area is 154 Å². The molecule has 7 heteroatoms. The van der Waals surface area contributed by atoms with Gasteiger partial charge < -0.3 is 19.3 Å². The van der Waals surface area contributed by atoms with E-state index in [2.05, 4.69) is 4.98 Å². The molecule has 6 nitrogen and oxygen atoms in total. The predicted octanol–water partition coefficient (Wildman–Crippen LogP) is 3.97. The van der Waals surface area contributed by atoms with Crippen LogP contribution >= 0.6 is 11.3 Å². The summed E-state index contributed by atoms with van der Waals surface area (Å²) in [5.41, 5.74) is 0.801. The van der Waals surface area contributed by atoms with Gasteiger partial charge in [-0.2, -0.15) is 0 Å². The number of ether oxygens (including phenoxy) is 3. The number of benzene rings is 2. The van der Waals surface area contributed by atoms with Crippen molar-refractivity contribution in [2.24, 2.45) is 0 Å². The van der Waals surface area contributed by atoms with Gasteiger partial charge in [0.1, 0.15) is 24.0 Å². The molecule has 0 fully saturated rings. The molecule has 0 aliphatic rings. The smallest absolute Gasteiger partial charge is 0.355 e. The highest BCUT2D eigenvalue weighted by Crippen LogP contribution is 2.33. The third-order valence-electron chi connectivity index (χ3n) is 3.49. The maximum absolute atomic E-state index is 11.0. The van der Waals surface area contributed by atoms with Crippen LogP contribution in [0, 0.1) is 0 Å². The number of hydrogen-bond acceptors (Lipinski definition) is 6. The van der Waals surface area contributed by atoms with Gasteiger partial charge in [0, 0.05) is 10.9 Å². The van der Waals surface area contributed by atoms with Crippen LogP contribution in [0.15, 0.2) is 53.9 Å². The lowest BCUT2D eigenvalue weighted by Gasteiger charge is -2.12. The Balaban J connectivity index is 1.63. The lowest BCUT2D eigenvalue weighted by molar-refractivity contribution is 0.0691. The normalized spacial score (nSPS) is 10.3. The third kappa shape index (κ3) is 4.31. The Morgan fingerprint density at radius 3 is 2.54 bits per heavy atom. The number of hydrogen-bond donors (Lipinski definition) is 1. The molecule has 0 radical (unpaired) electrons. The van der Waals surface area contributed by atoms with Crippen LogP contribution in [-0.4, -0.2) is 36.4 Å². The molecule has 3 aromatic rings. The van der Waals surface area contributed by atoms with Gasteiger partial charge >= 0.3 is 5.97 Å². The fraction of sp³-hybridized carbons (Fsp3) is 0.158. The zero-order valence-corrected chi connectivity index (χ0v) is 14.9. The van der Waals surface area contributed by atoms with E-state index in [0.717, 1.165) is 11.3 Å². The van der Waals surface area contributed by atoms with Crippen LogP contribution < -0.4 is 14.2 Å². The minimum Gasteiger partial charge on any atom is -0.493 e. The van der Waals surface area contributed by atoms with Gasteiger partial charge in [0.2, 0.25) is 0 Å². The van der Waals surface area contributed by atoms with Crippen LogP contribution in [0.2, 0.25) is 0 Å². The van der Waals surface area contributed by atoms with E-state index in [1.54, 1.807) is 19.2 Å². The van der Waals surface area contributed by atoms with Crippen LogP contribution in [0.5, 0.6) is 17.2 Å². The molecule has 3 rings (SSSR count). The van der Waals surface area contributed by atoms with Crippen molar-refractivity contribution in [3.63, 3.8) is 0 Å². The van der Waals surface area contributed by atoms with Crippen molar-refractivity contribution < 1.29 is 24.1 Å². The molecule has 0 spiro atoms. The van der Waals surface area contributed by atoms with Gasteiger partial charge in [-0.25, -0.2) is 9.78 Å². The average Bonchev–Trinajstić information content (AvgIpc) is 3.16. The van der Waals surface area contributed by atoms with Crippen LogP contribution in [0.1, 0.15) is 10.5 Å². The van der Waals surface area contributed by atoms with Crippen LogP contribution in [-0.2, 0) is 0 Å². The van der Waals surface area contributed by atoms with Crippen LogP contribution in [0.25, 0.3) is 10.6 Å². The molecule has 134 valence electrons. The number of carboxylic acids is 1. The summed E-state index contributed by atoms with van der Waals surface area (Å²) in [5.74, 6) is 0.881. The molecular weight excluding hydrogens is 354 g/mol. The predicted molar refractivity (Wildman–Crippen MR) is 98.5 cm³/mol. The molecule has 0 bridgehead atoms. The number of rotatable bonds is 8. The molecule has 0 saturated carbocycles. The van der Waals surface area contributed by atoms with Crippen LogP contribution in [0.4, 0.5) is 0 Å². The monoisotopic (exact) mass is 371 g/mol. The van der Waals surface area contributed by atoms with Crippen molar-refractivity contribution in [2.45, 2.75) is 0 Å². The second-order valence-corrected chi connectivity index (χ2v) is 6.08. The summed E-state index contributed by atoms with van der Waals surface area (Å²) < 4.78 is 16.7. The number of carbonyl (C=O) groups is 1. The molecule has 2 aromatic carbocycles. The van der Waals surface area contributed by atoms with Crippen molar-refractivity contribution >= 4 is 17.3 Å². The number of nitrogens with zero attached hydrogens (tertiary/aromatic N) is 1. The minimum absolute atomic E-state index is 0.0300. The van der Waals surface area contributed by atoms with Gasteiger partial charge in [-0.1, -0.05) is 18.2 Å². The minimum atomic E-state index is -1.04. The number of thiazole rings is 1. The Bertz CT molecular complexity index is 879. The number of aromatic nitrogens is 1. The Morgan fingerprint density at radius 1 is 1.08 bits per heavy atom. The first-order valence-electron chi connectivity index (χ1n) is 7.85. The molecule has 0 atom stereocenters. The van der Waals surface area contributed by atoms with E-state index in [4.69, 9.17) is 19.3 Å². The molecule has 1 heterocycles. The third-order valence-corrected chi connectivity index (χ3v) is 4.38. The zero-order chi connectivity index (χ0) is 18.4. The summed E-state index contributed by atoms with van der Waals surface area (Å²) >= 11 is 1.27. The van der Waals surface area contributed by atoms with Gasteiger partial charge in [-0.05, 0) is 30.3 Å². The molecule has 0 amide bonds. The highest BCUT2D eigenvalue weighted by Gasteiger charge is 2.13. The maximum atomic E-state index is 11.0. The molecule has 1 aromatic heterocycles. The fourth-order valence-corrected chi connectivity index (χ4v) is 3.04. The number of aromatic carboxylic acids is 1. The standard InChI is InChI=1S/C19H17NO5S/c1-23-17-11-13(18-20-15(12-26-18)19(21)22)7-8-16(17)25-10-9-24-14-5-3-2-4-6-14/h2-8,11-12H,9-10H2,1H3,(H,21,22). The molecule has 1 N–H and O–H groups in total. The lowest BCUT2D eigenvalue weighted by atomic mass is 10.2. The second-order valence-electron chi connectivity index (χ2n) is 5.22. The summed E-state index contributed by atoms with van der Waals surface area (Å²) in [7, 11) is 1.55. The summed E-state index contributed by atoms with van der Waals surface area (Å²) in [6.07, 6.45) is 0. The van der Waals surface area contributed by atoms with Gasteiger partial charge in [0.15, 0.2) is 17.2 Å². The van der Waals surface area contributed by atoms with E-state index in [1.165, 1.54) is 16.7 Å². The largest absolute Gasteiger partial charge is 0.493 e. The van der Waals surface area contributed by atoms with Crippen LogP contribution in [0.3, 0.4) is 0 Å². The topological polar surface area (TPSA) is 77.9 Å². The highest BCUT2D eigenvalue weighted by atomic mass is 32.1. The number of methoxy groups -OCH3 is 1. The molecule has 26 heavy (non-hydrogen) atoms. The van der Waals surface area contributed by atoms with Gasteiger partial charge in [0.05, 0.1) is 7.11 Å². The Hall–Kier alpha value is -3.06. The van der Waals surface area contributed by atoms with Gasteiger partial charge in [-0.15, -0.1) is 11.3 Å².